The second kappa shape index (κ2) is 9.53. The minimum Gasteiger partial charge on any atom is -0.435 e. The predicted molar refractivity (Wildman–Crippen MR) is 79.8 cm³/mol. The number of halogens is 5. The first-order valence-electron chi connectivity index (χ1n) is 6.99. The van der Waals surface area contributed by atoms with Crippen molar-refractivity contribution < 1.29 is 31.8 Å². The summed E-state index contributed by atoms with van der Waals surface area (Å²) in [7, 11) is 0. The fraction of sp³-hybridized carbons (Fsp3) is 0.500. The maximum atomic E-state index is 12.4. The van der Waals surface area contributed by atoms with Gasteiger partial charge in [-0.05, 0) is 31.5 Å². The Kier molecular flexibility index (Phi) is 8.06. The Bertz CT molecular complexity index is 543. The monoisotopic (exact) mass is 372 g/mol. The van der Waals surface area contributed by atoms with Crippen molar-refractivity contribution in [3.05, 3.63) is 23.8 Å². The lowest BCUT2D eigenvalue weighted by Crippen LogP contribution is -2.40. The standard InChI is InChI=1S/C14H16F4N2O3.ClH/c15-13(16)22-9-4-3-8(11(6-9)23-14(17)18)7-20-12(21)10-2-1-5-19-10;/h3-4,6,10,13-14,19H,1-2,5,7H2,(H,20,21);1H/t10-;/m0./s1. The zero-order valence-electron chi connectivity index (χ0n) is 12.4. The molecular formula is C14H17ClF4N2O3. The summed E-state index contributed by atoms with van der Waals surface area (Å²) >= 11 is 0. The molecule has 0 unspecified atom stereocenters. The first kappa shape index (κ1) is 20.3. The van der Waals surface area contributed by atoms with Gasteiger partial charge in [0.05, 0.1) is 6.04 Å². The Morgan fingerprint density at radius 1 is 1.25 bits per heavy atom. The first-order valence-corrected chi connectivity index (χ1v) is 6.99. The molecule has 0 bridgehead atoms. The van der Waals surface area contributed by atoms with E-state index in [1.807, 2.05) is 0 Å². The van der Waals surface area contributed by atoms with Gasteiger partial charge in [0.15, 0.2) is 0 Å². The molecule has 1 aromatic carbocycles. The van der Waals surface area contributed by atoms with E-state index in [9.17, 15) is 22.4 Å². The van der Waals surface area contributed by atoms with Gasteiger partial charge in [-0.2, -0.15) is 17.6 Å². The number of hydrogen-bond acceptors (Lipinski definition) is 4. The molecule has 136 valence electrons. The number of nitrogens with one attached hydrogen (secondary N) is 2. The van der Waals surface area contributed by atoms with Crippen LogP contribution in [-0.2, 0) is 11.3 Å². The summed E-state index contributed by atoms with van der Waals surface area (Å²) in [6, 6.07) is 3.11. The highest BCUT2D eigenvalue weighted by Gasteiger charge is 2.22. The third-order valence-electron chi connectivity index (χ3n) is 3.31. The van der Waals surface area contributed by atoms with Gasteiger partial charge in [-0.25, -0.2) is 0 Å². The topological polar surface area (TPSA) is 59.6 Å². The number of rotatable bonds is 7. The molecule has 0 radical (unpaired) electrons. The highest BCUT2D eigenvalue weighted by atomic mass is 35.5. The van der Waals surface area contributed by atoms with Crippen LogP contribution in [0.15, 0.2) is 18.2 Å². The van der Waals surface area contributed by atoms with Gasteiger partial charge in [0.25, 0.3) is 0 Å². The average Bonchev–Trinajstić information content (AvgIpc) is 2.99. The Morgan fingerprint density at radius 2 is 1.96 bits per heavy atom. The van der Waals surface area contributed by atoms with Crippen LogP contribution in [0.25, 0.3) is 0 Å². The van der Waals surface area contributed by atoms with Crippen LogP contribution in [-0.4, -0.2) is 31.7 Å². The fourth-order valence-corrected chi connectivity index (χ4v) is 2.28. The van der Waals surface area contributed by atoms with E-state index >= 15 is 0 Å². The zero-order chi connectivity index (χ0) is 16.8. The number of carbonyl (C=O) groups is 1. The minimum absolute atomic E-state index is 0. The quantitative estimate of drug-likeness (QED) is 0.722. The van der Waals surface area contributed by atoms with Gasteiger partial charge in [-0.3, -0.25) is 4.79 Å². The maximum Gasteiger partial charge on any atom is 0.387 e. The van der Waals surface area contributed by atoms with Crippen molar-refractivity contribution in [1.29, 1.82) is 0 Å². The molecular weight excluding hydrogens is 356 g/mol. The lowest BCUT2D eigenvalue weighted by molar-refractivity contribution is -0.122. The van der Waals surface area contributed by atoms with Crippen molar-refractivity contribution in [2.24, 2.45) is 0 Å². The lowest BCUT2D eigenvalue weighted by atomic mass is 10.1. The molecule has 1 saturated heterocycles. The van der Waals surface area contributed by atoms with Crippen molar-refractivity contribution in [1.82, 2.24) is 10.6 Å². The van der Waals surface area contributed by atoms with E-state index in [0.29, 0.717) is 6.42 Å². The van der Waals surface area contributed by atoms with Gasteiger partial charge >= 0.3 is 13.2 Å². The van der Waals surface area contributed by atoms with Crippen LogP contribution in [0, 0.1) is 0 Å². The number of carbonyl (C=O) groups excluding carboxylic acids is 1. The number of ether oxygens (including phenoxy) is 2. The second-order valence-electron chi connectivity index (χ2n) is 4.89. The molecule has 24 heavy (non-hydrogen) atoms. The fourth-order valence-electron chi connectivity index (χ4n) is 2.28. The third-order valence-corrected chi connectivity index (χ3v) is 3.31. The molecule has 1 aliphatic rings. The summed E-state index contributed by atoms with van der Waals surface area (Å²) in [4.78, 5) is 11.9. The molecule has 0 aromatic heterocycles. The van der Waals surface area contributed by atoms with E-state index in [4.69, 9.17) is 0 Å². The summed E-state index contributed by atoms with van der Waals surface area (Å²) in [6.45, 7) is -5.51. The highest BCUT2D eigenvalue weighted by Crippen LogP contribution is 2.27. The third kappa shape index (κ3) is 6.04. The van der Waals surface area contributed by atoms with Crippen molar-refractivity contribution in [2.75, 3.05) is 6.54 Å². The molecule has 1 aliphatic heterocycles. The van der Waals surface area contributed by atoms with Crippen LogP contribution < -0.4 is 20.1 Å². The Morgan fingerprint density at radius 3 is 2.54 bits per heavy atom. The van der Waals surface area contributed by atoms with E-state index in [1.54, 1.807) is 0 Å². The normalized spacial score (nSPS) is 16.8. The van der Waals surface area contributed by atoms with Crippen molar-refractivity contribution in [3.63, 3.8) is 0 Å². The lowest BCUT2D eigenvalue weighted by Gasteiger charge is -2.15. The Hall–Kier alpha value is -1.74. The second-order valence-corrected chi connectivity index (χ2v) is 4.89. The molecule has 5 nitrogen and oxygen atoms in total. The number of benzene rings is 1. The molecule has 2 N–H and O–H groups in total. The molecule has 1 fully saturated rings. The largest absolute Gasteiger partial charge is 0.435 e. The average molecular weight is 373 g/mol. The summed E-state index contributed by atoms with van der Waals surface area (Å²) < 4.78 is 57.6. The van der Waals surface area contributed by atoms with Gasteiger partial charge in [0.2, 0.25) is 5.91 Å². The molecule has 2 rings (SSSR count). The zero-order valence-corrected chi connectivity index (χ0v) is 13.3. The van der Waals surface area contributed by atoms with Crippen LogP contribution >= 0.6 is 12.4 Å². The smallest absolute Gasteiger partial charge is 0.387 e. The van der Waals surface area contributed by atoms with Crippen LogP contribution in [0.4, 0.5) is 17.6 Å². The number of amides is 1. The molecule has 0 spiro atoms. The van der Waals surface area contributed by atoms with E-state index in [2.05, 4.69) is 20.1 Å². The molecule has 1 amide bonds. The number of hydrogen-bond donors (Lipinski definition) is 2. The van der Waals surface area contributed by atoms with Crippen molar-refractivity contribution in [2.45, 2.75) is 38.7 Å². The molecule has 1 atom stereocenters. The van der Waals surface area contributed by atoms with E-state index < -0.39 is 13.2 Å². The van der Waals surface area contributed by atoms with Crippen LogP contribution in [0.3, 0.4) is 0 Å². The van der Waals surface area contributed by atoms with E-state index in [1.165, 1.54) is 12.1 Å². The Balaban J connectivity index is 0.00000288. The van der Waals surface area contributed by atoms with Crippen molar-refractivity contribution >= 4 is 18.3 Å². The molecule has 10 heteroatoms. The highest BCUT2D eigenvalue weighted by molar-refractivity contribution is 5.85. The Labute approximate surface area is 142 Å². The van der Waals surface area contributed by atoms with E-state index in [0.717, 1.165) is 19.0 Å². The van der Waals surface area contributed by atoms with Gasteiger partial charge in [0, 0.05) is 18.2 Å². The van der Waals surface area contributed by atoms with Crippen LogP contribution in [0.2, 0.25) is 0 Å². The van der Waals surface area contributed by atoms with Crippen LogP contribution in [0.1, 0.15) is 18.4 Å². The van der Waals surface area contributed by atoms with Gasteiger partial charge in [-0.1, -0.05) is 0 Å². The van der Waals surface area contributed by atoms with Gasteiger partial charge in [0.1, 0.15) is 11.5 Å². The molecule has 1 heterocycles. The molecule has 0 saturated carbocycles. The number of alkyl halides is 4. The summed E-state index contributed by atoms with van der Waals surface area (Å²) in [6.07, 6.45) is 1.59. The molecule has 0 aliphatic carbocycles. The van der Waals surface area contributed by atoms with Crippen LogP contribution in [0.5, 0.6) is 11.5 Å². The summed E-state index contributed by atoms with van der Waals surface area (Å²) in [5, 5.41) is 5.60. The predicted octanol–water partition coefficient (Wildman–Crippen LogP) is 2.68. The van der Waals surface area contributed by atoms with Gasteiger partial charge < -0.3 is 20.1 Å². The first-order chi connectivity index (χ1) is 11.0. The summed E-state index contributed by atoms with van der Waals surface area (Å²) in [5.74, 6) is -0.876. The van der Waals surface area contributed by atoms with Gasteiger partial charge in [-0.15, -0.1) is 12.4 Å². The van der Waals surface area contributed by atoms with E-state index in [-0.39, 0.29) is 48.0 Å². The minimum atomic E-state index is -3.12. The summed E-state index contributed by atoms with van der Waals surface area (Å²) in [5.41, 5.74) is 0.235. The molecule has 1 aromatic rings. The van der Waals surface area contributed by atoms with Crippen molar-refractivity contribution in [3.8, 4) is 11.5 Å². The SMILES string of the molecule is Cl.O=C(NCc1ccc(OC(F)F)cc1OC(F)F)[C@@H]1CCCN1. The maximum absolute atomic E-state index is 12.4.